The summed E-state index contributed by atoms with van der Waals surface area (Å²) in [5, 5.41) is 6.41. The van der Waals surface area contributed by atoms with E-state index in [4.69, 9.17) is 16.3 Å². The second kappa shape index (κ2) is 8.25. The first kappa shape index (κ1) is 15.3. The zero-order valence-electron chi connectivity index (χ0n) is 11.5. The van der Waals surface area contributed by atoms with Crippen LogP contribution in [0.3, 0.4) is 0 Å². The molecule has 2 N–H and O–H groups in total. The maximum absolute atomic E-state index is 11.7. The molecular weight excluding hydrogens is 276 g/mol. The zero-order chi connectivity index (χ0) is 14.2. The van der Waals surface area contributed by atoms with Crippen LogP contribution in [-0.4, -0.2) is 32.2 Å². The average molecular weight is 297 g/mol. The van der Waals surface area contributed by atoms with Gasteiger partial charge in [-0.2, -0.15) is 0 Å². The lowest BCUT2D eigenvalue weighted by Gasteiger charge is -2.08. The second-order valence-corrected chi connectivity index (χ2v) is 5.48. The lowest BCUT2D eigenvalue weighted by molar-refractivity contribution is -0.115. The summed E-state index contributed by atoms with van der Waals surface area (Å²) in [7, 11) is 0. The van der Waals surface area contributed by atoms with Gasteiger partial charge in [-0.3, -0.25) is 4.79 Å². The quantitative estimate of drug-likeness (QED) is 0.689. The summed E-state index contributed by atoms with van der Waals surface area (Å²) >= 11 is 5.97. The standard InChI is InChI=1S/C15H21ClN2O2/c16-13-4-1-2-5-14(13)18-15(19)10-17-8-3-9-20-11-12-6-7-12/h1-2,4-5,12,17H,3,6-11H2,(H,18,19). The van der Waals surface area contributed by atoms with E-state index in [-0.39, 0.29) is 12.5 Å². The average Bonchev–Trinajstić information content (AvgIpc) is 3.24. The van der Waals surface area contributed by atoms with E-state index < -0.39 is 0 Å². The lowest BCUT2D eigenvalue weighted by Crippen LogP contribution is -2.29. The number of nitrogens with one attached hydrogen (secondary N) is 2. The van der Waals surface area contributed by atoms with Crippen LogP contribution in [0.15, 0.2) is 24.3 Å². The van der Waals surface area contributed by atoms with Crippen molar-refractivity contribution < 1.29 is 9.53 Å². The van der Waals surface area contributed by atoms with Gasteiger partial charge in [0.05, 0.1) is 17.3 Å². The largest absolute Gasteiger partial charge is 0.381 e. The molecule has 0 saturated heterocycles. The van der Waals surface area contributed by atoms with Crippen LogP contribution in [0.1, 0.15) is 19.3 Å². The Morgan fingerprint density at radius 2 is 2.15 bits per heavy atom. The molecule has 2 rings (SSSR count). The fraction of sp³-hybridized carbons (Fsp3) is 0.533. The summed E-state index contributed by atoms with van der Waals surface area (Å²) in [6, 6.07) is 7.21. The van der Waals surface area contributed by atoms with Crippen molar-refractivity contribution in [3.8, 4) is 0 Å². The number of carbonyl (C=O) groups excluding carboxylic acids is 1. The van der Waals surface area contributed by atoms with Crippen molar-refractivity contribution in [3.63, 3.8) is 0 Å². The topological polar surface area (TPSA) is 50.4 Å². The van der Waals surface area contributed by atoms with Crippen LogP contribution < -0.4 is 10.6 Å². The third-order valence-corrected chi connectivity index (χ3v) is 3.46. The first-order chi connectivity index (χ1) is 9.75. The van der Waals surface area contributed by atoms with Crippen molar-refractivity contribution >= 4 is 23.2 Å². The summed E-state index contributed by atoms with van der Waals surface area (Å²) < 4.78 is 5.52. The summed E-state index contributed by atoms with van der Waals surface area (Å²) in [4.78, 5) is 11.7. The van der Waals surface area contributed by atoms with Crippen LogP contribution in [0, 0.1) is 5.92 Å². The number of amides is 1. The SMILES string of the molecule is O=C(CNCCCOCC1CC1)Nc1ccccc1Cl. The predicted octanol–water partition coefficient (Wildman–Crippen LogP) is 2.68. The van der Waals surface area contributed by atoms with E-state index in [1.807, 2.05) is 12.1 Å². The van der Waals surface area contributed by atoms with Gasteiger partial charge in [-0.1, -0.05) is 23.7 Å². The van der Waals surface area contributed by atoms with Crippen molar-refractivity contribution in [1.82, 2.24) is 5.32 Å². The molecule has 4 nitrogen and oxygen atoms in total. The van der Waals surface area contributed by atoms with Crippen LogP contribution in [0.5, 0.6) is 0 Å². The molecule has 1 fully saturated rings. The van der Waals surface area contributed by atoms with Crippen molar-refractivity contribution in [2.75, 3.05) is 31.6 Å². The van der Waals surface area contributed by atoms with Crippen molar-refractivity contribution in [2.24, 2.45) is 5.92 Å². The van der Waals surface area contributed by atoms with Gasteiger partial charge in [0.25, 0.3) is 0 Å². The number of hydrogen-bond acceptors (Lipinski definition) is 3. The number of hydrogen-bond donors (Lipinski definition) is 2. The molecular formula is C15H21ClN2O2. The highest BCUT2D eigenvalue weighted by atomic mass is 35.5. The molecule has 0 spiro atoms. The molecule has 0 heterocycles. The number of benzene rings is 1. The van der Waals surface area contributed by atoms with E-state index in [0.717, 1.165) is 32.1 Å². The number of carbonyl (C=O) groups is 1. The molecule has 20 heavy (non-hydrogen) atoms. The highest BCUT2D eigenvalue weighted by molar-refractivity contribution is 6.33. The van der Waals surface area contributed by atoms with Crippen LogP contribution in [-0.2, 0) is 9.53 Å². The van der Waals surface area contributed by atoms with Crippen LogP contribution >= 0.6 is 11.6 Å². The fourth-order valence-electron chi connectivity index (χ4n) is 1.79. The monoisotopic (exact) mass is 296 g/mol. The minimum atomic E-state index is -0.0861. The minimum Gasteiger partial charge on any atom is -0.381 e. The smallest absolute Gasteiger partial charge is 0.238 e. The van der Waals surface area contributed by atoms with Gasteiger partial charge in [-0.05, 0) is 43.9 Å². The third kappa shape index (κ3) is 5.90. The number of rotatable bonds is 9. The molecule has 110 valence electrons. The Kier molecular flexibility index (Phi) is 6.30. The van der Waals surface area contributed by atoms with Crippen molar-refractivity contribution in [1.29, 1.82) is 0 Å². The molecule has 0 unspecified atom stereocenters. The number of ether oxygens (including phenoxy) is 1. The predicted molar refractivity (Wildman–Crippen MR) is 81.1 cm³/mol. The van der Waals surface area contributed by atoms with E-state index in [2.05, 4.69) is 10.6 Å². The van der Waals surface area contributed by atoms with Crippen LogP contribution in [0.2, 0.25) is 5.02 Å². The van der Waals surface area contributed by atoms with E-state index >= 15 is 0 Å². The molecule has 0 aromatic heterocycles. The minimum absolute atomic E-state index is 0.0861. The molecule has 1 saturated carbocycles. The molecule has 0 bridgehead atoms. The van der Waals surface area contributed by atoms with Gasteiger partial charge in [0.15, 0.2) is 0 Å². The van der Waals surface area contributed by atoms with Crippen molar-refractivity contribution in [3.05, 3.63) is 29.3 Å². The van der Waals surface area contributed by atoms with E-state index in [1.165, 1.54) is 12.8 Å². The molecule has 1 aromatic carbocycles. The second-order valence-electron chi connectivity index (χ2n) is 5.08. The Bertz CT molecular complexity index is 436. The Morgan fingerprint density at radius 1 is 1.35 bits per heavy atom. The Morgan fingerprint density at radius 3 is 2.90 bits per heavy atom. The maximum Gasteiger partial charge on any atom is 0.238 e. The summed E-state index contributed by atoms with van der Waals surface area (Å²) in [5.41, 5.74) is 0.647. The lowest BCUT2D eigenvalue weighted by atomic mass is 10.3. The Labute approximate surface area is 124 Å². The van der Waals surface area contributed by atoms with Gasteiger partial charge >= 0.3 is 0 Å². The molecule has 1 aliphatic rings. The third-order valence-electron chi connectivity index (χ3n) is 3.13. The van der Waals surface area contributed by atoms with Gasteiger partial charge in [-0.25, -0.2) is 0 Å². The summed E-state index contributed by atoms with van der Waals surface area (Å²) in [5.74, 6) is 0.723. The van der Waals surface area contributed by atoms with Gasteiger partial charge in [0.2, 0.25) is 5.91 Å². The number of anilines is 1. The molecule has 1 aliphatic carbocycles. The first-order valence-electron chi connectivity index (χ1n) is 7.08. The van der Waals surface area contributed by atoms with Crippen LogP contribution in [0.25, 0.3) is 0 Å². The normalized spacial score (nSPS) is 14.2. The van der Waals surface area contributed by atoms with E-state index in [1.54, 1.807) is 12.1 Å². The van der Waals surface area contributed by atoms with Crippen molar-refractivity contribution in [2.45, 2.75) is 19.3 Å². The number of para-hydroxylation sites is 1. The summed E-state index contributed by atoms with van der Waals surface area (Å²) in [6.07, 6.45) is 3.56. The van der Waals surface area contributed by atoms with Gasteiger partial charge < -0.3 is 15.4 Å². The number of halogens is 1. The fourth-order valence-corrected chi connectivity index (χ4v) is 1.98. The Balaban J connectivity index is 1.50. The highest BCUT2D eigenvalue weighted by Crippen LogP contribution is 2.28. The Hall–Kier alpha value is -1.10. The summed E-state index contributed by atoms with van der Waals surface area (Å²) in [6.45, 7) is 2.72. The van der Waals surface area contributed by atoms with Gasteiger partial charge in [0, 0.05) is 13.2 Å². The van der Waals surface area contributed by atoms with Gasteiger partial charge in [0.1, 0.15) is 0 Å². The van der Waals surface area contributed by atoms with E-state index in [0.29, 0.717) is 10.7 Å². The molecule has 1 aromatic rings. The van der Waals surface area contributed by atoms with E-state index in [9.17, 15) is 4.79 Å². The highest BCUT2D eigenvalue weighted by Gasteiger charge is 2.20. The van der Waals surface area contributed by atoms with Gasteiger partial charge in [-0.15, -0.1) is 0 Å². The zero-order valence-corrected chi connectivity index (χ0v) is 12.3. The van der Waals surface area contributed by atoms with Crippen LogP contribution in [0.4, 0.5) is 5.69 Å². The molecule has 0 aliphatic heterocycles. The maximum atomic E-state index is 11.7. The molecule has 0 atom stereocenters. The first-order valence-corrected chi connectivity index (χ1v) is 7.46. The molecule has 1 amide bonds. The molecule has 5 heteroatoms. The molecule has 0 radical (unpaired) electrons.